The molecule has 0 aromatic heterocycles. The number of benzene rings is 1. The lowest BCUT2D eigenvalue weighted by molar-refractivity contribution is -0.120. The van der Waals surface area contributed by atoms with E-state index < -0.39 is 16.1 Å². The first kappa shape index (κ1) is 13.2. The largest absolute Gasteiger partial charge is 0.313 e. The molecule has 0 spiro atoms. The van der Waals surface area contributed by atoms with Crippen LogP contribution in [0.5, 0.6) is 0 Å². The van der Waals surface area contributed by atoms with Gasteiger partial charge in [-0.3, -0.25) is 4.79 Å². The van der Waals surface area contributed by atoms with E-state index in [0.29, 0.717) is 19.6 Å². The lowest BCUT2D eigenvalue weighted by atomic mass is 10.2. The number of Topliss-reactive ketones (excluding diaryl/α,β-unsaturated/α-hetero) is 1. The van der Waals surface area contributed by atoms with Crippen molar-refractivity contribution in [1.29, 1.82) is 0 Å². The van der Waals surface area contributed by atoms with Crippen LogP contribution in [0.15, 0.2) is 35.2 Å². The third kappa shape index (κ3) is 2.45. The third-order valence-corrected chi connectivity index (χ3v) is 4.94. The van der Waals surface area contributed by atoms with Crippen molar-refractivity contribution in [2.24, 2.45) is 0 Å². The zero-order chi connectivity index (χ0) is 13.2. The van der Waals surface area contributed by atoms with Gasteiger partial charge < -0.3 is 5.32 Å². The van der Waals surface area contributed by atoms with Gasteiger partial charge in [0.15, 0.2) is 0 Å². The van der Waals surface area contributed by atoms with E-state index in [9.17, 15) is 13.2 Å². The Bertz CT molecular complexity index is 528. The molecule has 1 aromatic carbocycles. The molecule has 0 aliphatic carbocycles. The highest BCUT2D eigenvalue weighted by Crippen LogP contribution is 2.19. The van der Waals surface area contributed by atoms with Gasteiger partial charge >= 0.3 is 0 Å². The van der Waals surface area contributed by atoms with E-state index in [0.717, 1.165) is 0 Å². The number of carbonyl (C=O) groups is 1. The molecule has 1 aromatic rings. The summed E-state index contributed by atoms with van der Waals surface area (Å²) in [6.45, 7) is 2.68. The highest BCUT2D eigenvalue weighted by atomic mass is 32.2. The zero-order valence-corrected chi connectivity index (χ0v) is 11.0. The van der Waals surface area contributed by atoms with Gasteiger partial charge in [-0.05, 0) is 19.1 Å². The molecule has 1 heterocycles. The van der Waals surface area contributed by atoms with Crippen molar-refractivity contribution in [1.82, 2.24) is 9.62 Å². The van der Waals surface area contributed by atoms with Crippen LogP contribution in [-0.2, 0) is 14.8 Å². The standard InChI is InChI=1S/C12H16N2O3S/c1-10(15)12-9-13-7-8-14(12)18(16,17)11-5-3-2-4-6-11/h2-6,12-13H,7-9H2,1H3. The molecule has 0 bridgehead atoms. The maximum absolute atomic E-state index is 12.4. The second kappa shape index (κ2) is 5.17. The van der Waals surface area contributed by atoms with E-state index in [4.69, 9.17) is 0 Å². The van der Waals surface area contributed by atoms with E-state index in [1.165, 1.54) is 11.2 Å². The number of hydrogen-bond donors (Lipinski definition) is 1. The summed E-state index contributed by atoms with van der Waals surface area (Å²) in [5, 5.41) is 3.04. The number of nitrogens with zero attached hydrogens (tertiary/aromatic N) is 1. The first-order valence-electron chi connectivity index (χ1n) is 5.81. The highest BCUT2D eigenvalue weighted by Gasteiger charge is 2.35. The fourth-order valence-electron chi connectivity index (χ4n) is 2.05. The Balaban J connectivity index is 2.36. The van der Waals surface area contributed by atoms with Crippen LogP contribution in [0.25, 0.3) is 0 Å². The molecule has 6 heteroatoms. The van der Waals surface area contributed by atoms with E-state index in [2.05, 4.69) is 5.32 Å². The van der Waals surface area contributed by atoms with Crippen LogP contribution in [0.3, 0.4) is 0 Å². The Kier molecular flexibility index (Phi) is 3.79. The van der Waals surface area contributed by atoms with Crippen molar-refractivity contribution >= 4 is 15.8 Å². The minimum Gasteiger partial charge on any atom is -0.313 e. The molecule has 0 amide bonds. The normalized spacial score (nSPS) is 21.7. The fourth-order valence-corrected chi connectivity index (χ4v) is 3.71. The molecule has 1 unspecified atom stereocenters. The summed E-state index contributed by atoms with van der Waals surface area (Å²) in [7, 11) is -3.58. The third-order valence-electron chi connectivity index (χ3n) is 3.01. The van der Waals surface area contributed by atoms with Crippen LogP contribution in [-0.4, -0.2) is 44.2 Å². The smallest absolute Gasteiger partial charge is 0.243 e. The summed E-state index contributed by atoms with van der Waals surface area (Å²) in [5.74, 6) is -0.137. The van der Waals surface area contributed by atoms with E-state index in [1.807, 2.05) is 0 Å². The van der Waals surface area contributed by atoms with Crippen molar-refractivity contribution in [2.45, 2.75) is 17.9 Å². The van der Waals surface area contributed by atoms with Gasteiger partial charge in [-0.25, -0.2) is 8.42 Å². The van der Waals surface area contributed by atoms with Crippen LogP contribution in [0.4, 0.5) is 0 Å². The van der Waals surface area contributed by atoms with Gasteiger partial charge in [0, 0.05) is 19.6 Å². The van der Waals surface area contributed by atoms with Gasteiger partial charge in [0.2, 0.25) is 10.0 Å². The molecule has 1 fully saturated rings. The first-order chi connectivity index (χ1) is 8.53. The Morgan fingerprint density at radius 2 is 2.00 bits per heavy atom. The van der Waals surface area contributed by atoms with Crippen molar-refractivity contribution in [3.63, 3.8) is 0 Å². The number of rotatable bonds is 3. The monoisotopic (exact) mass is 268 g/mol. The quantitative estimate of drug-likeness (QED) is 0.852. The maximum Gasteiger partial charge on any atom is 0.243 e. The Hall–Kier alpha value is -1.24. The van der Waals surface area contributed by atoms with E-state index in [1.54, 1.807) is 30.3 Å². The summed E-state index contributed by atoms with van der Waals surface area (Å²) < 4.78 is 26.2. The summed E-state index contributed by atoms with van der Waals surface area (Å²) in [6.07, 6.45) is 0. The van der Waals surface area contributed by atoms with E-state index in [-0.39, 0.29) is 10.7 Å². The molecule has 1 atom stereocenters. The number of ketones is 1. The van der Waals surface area contributed by atoms with E-state index >= 15 is 0 Å². The lowest BCUT2D eigenvalue weighted by Gasteiger charge is -2.33. The molecule has 5 nitrogen and oxygen atoms in total. The van der Waals surface area contributed by atoms with Crippen LogP contribution >= 0.6 is 0 Å². The molecule has 1 N–H and O–H groups in total. The van der Waals surface area contributed by atoms with Gasteiger partial charge in [-0.15, -0.1) is 0 Å². The number of hydrogen-bond acceptors (Lipinski definition) is 4. The number of carbonyl (C=O) groups excluding carboxylic acids is 1. The topological polar surface area (TPSA) is 66.5 Å². The highest BCUT2D eigenvalue weighted by molar-refractivity contribution is 7.89. The summed E-state index contributed by atoms with van der Waals surface area (Å²) >= 11 is 0. The summed E-state index contributed by atoms with van der Waals surface area (Å²) in [4.78, 5) is 11.8. The number of piperazine rings is 1. The summed E-state index contributed by atoms with van der Waals surface area (Å²) in [5.41, 5.74) is 0. The first-order valence-corrected chi connectivity index (χ1v) is 7.25. The molecular weight excluding hydrogens is 252 g/mol. The predicted octanol–water partition coefficient (Wildman–Crippen LogP) is 0.238. The molecule has 1 aliphatic heterocycles. The van der Waals surface area contributed by atoms with Gasteiger partial charge in [0.25, 0.3) is 0 Å². The molecule has 18 heavy (non-hydrogen) atoms. The van der Waals surface area contributed by atoms with Gasteiger partial charge in [-0.1, -0.05) is 18.2 Å². The molecule has 0 saturated carbocycles. The van der Waals surface area contributed by atoms with Crippen molar-refractivity contribution in [3.05, 3.63) is 30.3 Å². The van der Waals surface area contributed by atoms with Crippen molar-refractivity contribution in [3.8, 4) is 0 Å². The van der Waals surface area contributed by atoms with Gasteiger partial charge in [-0.2, -0.15) is 4.31 Å². The zero-order valence-electron chi connectivity index (χ0n) is 10.2. The summed E-state index contributed by atoms with van der Waals surface area (Å²) in [6, 6.07) is 7.61. The molecule has 2 rings (SSSR count). The van der Waals surface area contributed by atoms with Crippen molar-refractivity contribution < 1.29 is 13.2 Å². The average molecular weight is 268 g/mol. The second-order valence-corrected chi connectivity index (χ2v) is 6.15. The lowest BCUT2D eigenvalue weighted by Crippen LogP contribution is -2.56. The minimum atomic E-state index is -3.58. The minimum absolute atomic E-state index is 0.137. The SMILES string of the molecule is CC(=O)C1CNCCN1S(=O)(=O)c1ccccc1. The Labute approximate surface area is 107 Å². The van der Waals surface area contributed by atoms with Crippen LogP contribution in [0, 0.1) is 0 Å². The second-order valence-electron chi connectivity index (χ2n) is 4.26. The predicted molar refractivity (Wildman–Crippen MR) is 67.7 cm³/mol. The van der Waals surface area contributed by atoms with Crippen LogP contribution in [0.1, 0.15) is 6.92 Å². The van der Waals surface area contributed by atoms with Gasteiger partial charge in [0.05, 0.1) is 10.9 Å². The molecular formula is C12H16N2O3S. The van der Waals surface area contributed by atoms with Gasteiger partial charge in [0.1, 0.15) is 5.78 Å². The van der Waals surface area contributed by atoms with Crippen LogP contribution in [0.2, 0.25) is 0 Å². The fraction of sp³-hybridized carbons (Fsp3) is 0.417. The maximum atomic E-state index is 12.4. The number of nitrogens with one attached hydrogen (secondary N) is 1. The molecule has 1 saturated heterocycles. The van der Waals surface area contributed by atoms with Crippen molar-refractivity contribution in [2.75, 3.05) is 19.6 Å². The average Bonchev–Trinajstić information content (AvgIpc) is 2.39. The Morgan fingerprint density at radius 3 is 2.61 bits per heavy atom. The molecule has 1 aliphatic rings. The Morgan fingerprint density at radius 1 is 1.33 bits per heavy atom. The molecule has 98 valence electrons. The van der Waals surface area contributed by atoms with Crippen LogP contribution < -0.4 is 5.32 Å². The molecule has 0 radical (unpaired) electrons. The number of sulfonamides is 1.